The zero-order chi connectivity index (χ0) is 8.55. The van der Waals surface area contributed by atoms with Crippen LogP contribution in [0.4, 0.5) is 11.4 Å². The molecule has 0 bridgehead atoms. The number of likely N-dealkylation sites (N-methyl/N-ethyl adjacent to an activating group) is 1. The maximum atomic E-state index is 5.90. The van der Waals surface area contributed by atoms with Crippen molar-refractivity contribution in [1.82, 2.24) is 0 Å². The van der Waals surface area contributed by atoms with Gasteiger partial charge in [0.1, 0.15) is 0 Å². The molecule has 0 aliphatic carbocycles. The molecule has 1 heterocycles. The zero-order valence-corrected chi connectivity index (χ0v) is 7.38. The highest BCUT2D eigenvalue weighted by Gasteiger charge is 2.18. The van der Waals surface area contributed by atoms with E-state index in [1.54, 1.807) is 0 Å². The minimum absolute atomic E-state index is 0.923. The summed E-state index contributed by atoms with van der Waals surface area (Å²) < 4.78 is 0. The molecule has 0 saturated heterocycles. The number of para-hydroxylation sites is 1. The first kappa shape index (κ1) is 7.47. The van der Waals surface area contributed by atoms with Crippen LogP contribution in [0.25, 0.3) is 0 Å². The van der Waals surface area contributed by atoms with Crippen LogP contribution in [0.2, 0.25) is 0 Å². The molecule has 1 aromatic rings. The summed E-state index contributed by atoms with van der Waals surface area (Å²) in [7, 11) is 0. The summed E-state index contributed by atoms with van der Waals surface area (Å²) in [5.41, 5.74) is 9.48. The standard InChI is InChI=1S/C10H14N2/c1-2-12-7-6-8-4-3-5-9(11)10(8)12/h3-5H,2,6-7,11H2,1H3. The molecule has 0 atom stereocenters. The van der Waals surface area contributed by atoms with Crippen molar-refractivity contribution in [3.8, 4) is 0 Å². The van der Waals surface area contributed by atoms with Gasteiger partial charge in [-0.1, -0.05) is 12.1 Å². The van der Waals surface area contributed by atoms with Crippen LogP contribution in [-0.4, -0.2) is 13.1 Å². The van der Waals surface area contributed by atoms with Gasteiger partial charge in [-0.05, 0) is 25.0 Å². The predicted octanol–water partition coefficient (Wildman–Crippen LogP) is 1.65. The van der Waals surface area contributed by atoms with Crippen LogP contribution in [0, 0.1) is 0 Å². The predicted molar refractivity (Wildman–Crippen MR) is 52.4 cm³/mol. The Bertz CT molecular complexity index is 294. The molecule has 2 heteroatoms. The fourth-order valence-corrected chi connectivity index (χ4v) is 1.88. The number of nitrogen functional groups attached to an aromatic ring is 1. The second-order valence-corrected chi connectivity index (χ2v) is 3.18. The molecule has 2 N–H and O–H groups in total. The van der Waals surface area contributed by atoms with Gasteiger partial charge in [0.05, 0.1) is 11.4 Å². The van der Waals surface area contributed by atoms with Gasteiger partial charge in [0.2, 0.25) is 0 Å². The quantitative estimate of drug-likeness (QED) is 0.636. The van der Waals surface area contributed by atoms with E-state index in [1.165, 1.54) is 11.3 Å². The van der Waals surface area contributed by atoms with Crippen molar-refractivity contribution in [2.75, 3.05) is 23.7 Å². The molecule has 2 rings (SSSR count). The second kappa shape index (κ2) is 2.70. The summed E-state index contributed by atoms with van der Waals surface area (Å²) in [5, 5.41) is 0. The molecular formula is C10H14N2. The third-order valence-electron chi connectivity index (χ3n) is 2.50. The maximum absolute atomic E-state index is 5.90. The Morgan fingerprint density at radius 2 is 2.33 bits per heavy atom. The smallest absolute Gasteiger partial charge is 0.0633 e. The molecule has 0 saturated carbocycles. The zero-order valence-electron chi connectivity index (χ0n) is 7.38. The molecule has 0 radical (unpaired) electrons. The van der Waals surface area contributed by atoms with Crippen LogP contribution in [0.1, 0.15) is 12.5 Å². The van der Waals surface area contributed by atoms with Crippen LogP contribution in [-0.2, 0) is 6.42 Å². The van der Waals surface area contributed by atoms with Gasteiger partial charge < -0.3 is 10.6 Å². The highest BCUT2D eigenvalue weighted by Crippen LogP contribution is 2.32. The van der Waals surface area contributed by atoms with Crippen molar-refractivity contribution in [3.05, 3.63) is 23.8 Å². The van der Waals surface area contributed by atoms with Crippen LogP contribution in [0.15, 0.2) is 18.2 Å². The summed E-state index contributed by atoms with van der Waals surface area (Å²) in [4.78, 5) is 2.34. The molecule has 0 fully saturated rings. The summed E-state index contributed by atoms with van der Waals surface area (Å²) in [6.45, 7) is 4.35. The molecule has 12 heavy (non-hydrogen) atoms. The fraction of sp³-hybridized carbons (Fsp3) is 0.400. The molecule has 0 spiro atoms. The highest BCUT2D eigenvalue weighted by atomic mass is 15.1. The lowest BCUT2D eigenvalue weighted by atomic mass is 10.1. The largest absolute Gasteiger partial charge is 0.397 e. The number of benzene rings is 1. The molecular weight excluding hydrogens is 148 g/mol. The molecule has 1 aliphatic heterocycles. The van der Waals surface area contributed by atoms with Gasteiger partial charge in [0.25, 0.3) is 0 Å². The SMILES string of the molecule is CCN1CCc2cccc(N)c21. The highest BCUT2D eigenvalue weighted by molar-refractivity contribution is 5.73. The van der Waals surface area contributed by atoms with E-state index in [0.717, 1.165) is 25.2 Å². The monoisotopic (exact) mass is 162 g/mol. The number of hydrogen-bond donors (Lipinski definition) is 1. The Balaban J connectivity index is 2.48. The molecule has 2 nitrogen and oxygen atoms in total. The summed E-state index contributed by atoms with van der Waals surface area (Å²) in [6.07, 6.45) is 1.15. The first-order valence-corrected chi connectivity index (χ1v) is 4.45. The van der Waals surface area contributed by atoms with Crippen LogP contribution >= 0.6 is 0 Å². The van der Waals surface area contributed by atoms with Crippen molar-refractivity contribution < 1.29 is 0 Å². The number of fused-ring (bicyclic) bond motifs is 1. The third kappa shape index (κ3) is 0.951. The Morgan fingerprint density at radius 3 is 3.08 bits per heavy atom. The van der Waals surface area contributed by atoms with E-state index < -0.39 is 0 Å². The summed E-state index contributed by atoms with van der Waals surface area (Å²) in [6, 6.07) is 6.18. The van der Waals surface area contributed by atoms with Crippen molar-refractivity contribution in [2.24, 2.45) is 0 Å². The Morgan fingerprint density at radius 1 is 1.50 bits per heavy atom. The molecule has 0 unspecified atom stereocenters. The lowest BCUT2D eigenvalue weighted by Crippen LogP contribution is -2.20. The Kier molecular flexibility index (Phi) is 1.68. The first-order chi connectivity index (χ1) is 5.83. The van der Waals surface area contributed by atoms with Gasteiger partial charge in [-0.15, -0.1) is 0 Å². The van der Waals surface area contributed by atoms with E-state index >= 15 is 0 Å². The van der Waals surface area contributed by atoms with E-state index in [0.29, 0.717) is 0 Å². The number of hydrogen-bond acceptors (Lipinski definition) is 2. The van der Waals surface area contributed by atoms with Gasteiger partial charge in [-0.2, -0.15) is 0 Å². The average molecular weight is 162 g/mol. The number of nitrogens with two attached hydrogens (primary N) is 1. The van der Waals surface area contributed by atoms with Gasteiger partial charge in [0, 0.05) is 13.1 Å². The van der Waals surface area contributed by atoms with Crippen molar-refractivity contribution in [3.63, 3.8) is 0 Å². The first-order valence-electron chi connectivity index (χ1n) is 4.45. The average Bonchev–Trinajstić information content (AvgIpc) is 2.49. The van der Waals surface area contributed by atoms with E-state index in [9.17, 15) is 0 Å². The molecule has 0 amide bonds. The summed E-state index contributed by atoms with van der Waals surface area (Å²) in [5.74, 6) is 0. The van der Waals surface area contributed by atoms with E-state index in [4.69, 9.17) is 5.73 Å². The van der Waals surface area contributed by atoms with E-state index in [1.807, 2.05) is 12.1 Å². The van der Waals surface area contributed by atoms with Crippen molar-refractivity contribution in [2.45, 2.75) is 13.3 Å². The van der Waals surface area contributed by atoms with Gasteiger partial charge in [-0.25, -0.2) is 0 Å². The van der Waals surface area contributed by atoms with Crippen LogP contribution in [0.5, 0.6) is 0 Å². The van der Waals surface area contributed by atoms with Crippen molar-refractivity contribution >= 4 is 11.4 Å². The van der Waals surface area contributed by atoms with Gasteiger partial charge >= 0.3 is 0 Å². The fourth-order valence-electron chi connectivity index (χ4n) is 1.88. The number of anilines is 2. The van der Waals surface area contributed by atoms with Gasteiger partial charge in [-0.3, -0.25) is 0 Å². The van der Waals surface area contributed by atoms with E-state index in [2.05, 4.69) is 17.9 Å². The summed E-state index contributed by atoms with van der Waals surface area (Å²) >= 11 is 0. The molecule has 1 aliphatic rings. The third-order valence-corrected chi connectivity index (χ3v) is 2.50. The normalized spacial score (nSPS) is 14.9. The molecule has 0 aromatic heterocycles. The van der Waals surface area contributed by atoms with Crippen molar-refractivity contribution in [1.29, 1.82) is 0 Å². The lowest BCUT2D eigenvalue weighted by Gasteiger charge is -2.18. The van der Waals surface area contributed by atoms with Crippen LogP contribution in [0.3, 0.4) is 0 Å². The Labute approximate surface area is 73.0 Å². The maximum Gasteiger partial charge on any atom is 0.0633 e. The second-order valence-electron chi connectivity index (χ2n) is 3.18. The topological polar surface area (TPSA) is 29.3 Å². The minimum Gasteiger partial charge on any atom is -0.397 e. The number of nitrogens with zero attached hydrogens (tertiary/aromatic N) is 1. The molecule has 1 aromatic carbocycles. The van der Waals surface area contributed by atoms with E-state index in [-0.39, 0.29) is 0 Å². The molecule has 64 valence electrons. The van der Waals surface area contributed by atoms with Crippen LogP contribution < -0.4 is 10.6 Å². The van der Waals surface area contributed by atoms with Gasteiger partial charge in [0.15, 0.2) is 0 Å². The Hall–Kier alpha value is -1.18. The lowest BCUT2D eigenvalue weighted by molar-refractivity contribution is 0.869. The number of rotatable bonds is 1. The minimum atomic E-state index is 0.923.